The molecule has 1 saturated heterocycles. The highest BCUT2D eigenvalue weighted by atomic mass is 16.4. The Balaban J connectivity index is 1.37. The Morgan fingerprint density at radius 1 is 1.08 bits per heavy atom. The van der Waals surface area contributed by atoms with Gasteiger partial charge < -0.3 is 20.2 Å². The molecule has 3 aromatic carbocycles. The number of carbonyl (C=O) groups is 2. The summed E-state index contributed by atoms with van der Waals surface area (Å²) in [5.74, 6) is -1.12. The number of likely N-dealkylation sites (N-methyl/N-ethyl adjacent to an activating group) is 1. The number of aliphatic hydroxyl groups is 1. The number of likely N-dealkylation sites (tertiary alicyclic amines) is 1. The second kappa shape index (κ2) is 11.3. The fourth-order valence-electron chi connectivity index (χ4n) is 5.20. The first-order chi connectivity index (χ1) is 18.8. The van der Waals surface area contributed by atoms with Gasteiger partial charge in [-0.3, -0.25) is 19.1 Å². The van der Waals surface area contributed by atoms with Crippen LogP contribution >= 0.6 is 0 Å². The molecule has 9 heteroatoms. The van der Waals surface area contributed by atoms with Gasteiger partial charge >= 0.3 is 5.76 Å². The van der Waals surface area contributed by atoms with E-state index in [1.165, 1.54) is 4.57 Å². The summed E-state index contributed by atoms with van der Waals surface area (Å²) in [5, 5.41) is 9.99. The number of carbonyl (C=O) groups excluding carboxylic acids is 2. The van der Waals surface area contributed by atoms with E-state index in [9.17, 15) is 19.5 Å². The fourth-order valence-corrected chi connectivity index (χ4v) is 5.20. The predicted octanol–water partition coefficient (Wildman–Crippen LogP) is 2.55. The Hall–Kier alpha value is -4.21. The Morgan fingerprint density at radius 3 is 2.59 bits per heavy atom. The van der Waals surface area contributed by atoms with Crippen LogP contribution in [0.25, 0.3) is 11.1 Å². The minimum absolute atomic E-state index is 0.0606. The van der Waals surface area contributed by atoms with Crippen LogP contribution in [-0.4, -0.2) is 64.1 Å². The van der Waals surface area contributed by atoms with Gasteiger partial charge in [0.2, 0.25) is 11.8 Å². The molecule has 0 unspecified atom stereocenters. The lowest BCUT2D eigenvalue weighted by Gasteiger charge is -2.32. The van der Waals surface area contributed by atoms with E-state index in [0.29, 0.717) is 29.8 Å². The summed E-state index contributed by atoms with van der Waals surface area (Å²) in [6.07, 6.45) is 0.549. The molecular formula is C30H32N4O5. The molecular weight excluding hydrogens is 496 g/mol. The molecule has 1 aliphatic heterocycles. The lowest BCUT2D eigenvalue weighted by molar-refractivity contribution is -0.131. The number of hydrogen-bond acceptors (Lipinski definition) is 6. The molecule has 2 heterocycles. The third kappa shape index (κ3) is 5.94. The monoisotopic (exact) mass is 528 g/mol. The second-order valence-corrected chi connectivity index (χ2v) is 10.1. The predicted molar refractivity (Wildman–Crippen MR) is 147 cm³/mol. The Labute approximate surface area is 226 Å². The van der Waals surface area contributed by atoms with E-state index in [1.807, 2.05) is 43.4 Å². The normalized spacial score (nSPS) is 16.4. The third-order valence-electron chi connectivity index (χ3n) is 7.36. The van der Waals surface area contributed by atoms with Crippen molar-refractivity contribution < 1.29 is 19.1 Å². The summed E-state index contributed by atoms with van der Waals surface area (Å²) in [7, 11) is 1.81. The smallest absolute Gasteiger partial charge is 0.408 e. The van der Waals surface area contributed by atoms with E-state index in [1.54, 1.807) is 41.3 Å². The topological polar surface area (TPSA) is 122 Å². The molecule has 0 spiro atoms. The van der Waals surface area contributed by atoms with Crippen LogP contribution in [-0.2, 0) is 17.8 Å². The van der Waals surface area contributed by atoms with E-state index in [0.717, 1.165) is 29.7 Å². The minimum Gasteiger partial charge on any atom is -0.408 e. The maximum atomic E-state index is 13.5. The van der Waals surface area contributed by atoms with Crippen LogP contribution in [0, 0.1) is 0 Å². The fraction of sp³-hybridized carbons (Fsp3) is 0.300. The largest absolute Gasteiger partial charge is 0.420 e. The third-order valence-corrected chi connectivity index (χ3v) is 7.36. The summed E-state index contributed by atoms with van der Waals surface area (Å²) >= 11 is 0. The molecule has 1 aliphatic rings. The van der Waals surface area contributed by atoms with Gasteiger partial charge in [-0.25, -0.2) is 4.79 Å². The van der Waals surface area contributed by atoms with Crippen LogP contribution in [0.15, 0.2) is 82.0 Å². The van der Waals surface area contributed by atoms with E-state index in [-0.39, 0.29) is 31.0 Å². The Bertz CT molecular complexity index is 1540. The lowest BCUT2D eigenvalue weighted by Crippen LogP contribution is -2.39. The van der Waals surface area contributed by atoms with Gasteiger partial charge in [-0.15, -0.1) is 0 Å². The number of nitrogens with two attached hydrogens (primary N) is 1. The number of oxazole rings is 1. The number of fused-ring (bicyclic) bond motifs is 1. The van der Waals surface area contributed by atoms with Gasteiger partial charge in [0.25, 0.3) is 0 Å². The number of amides is 2. The molecule has 9 nitrogen and oxygen atoms in total. The molecule has 0 aliphatic carbocycles. The average Bonchev–Trinajstić information content (AvgIpc) is 3.49. The molecule has 2 atom stereocenters. The first-order valence-corrected chi connectivity index (χ1v) is 13.0. The summed E-state index contributed by atoms with van der Waals surface area (Å²) in [5.41, 5.74) is 9.27. The van der Waals surface area contributed by atoms with Crippen molar-refractivity contribution in [1.82, 2.24) is 14.4 Å². The first-order valence-electron chi connectivity index (χ1n) is 13.0. The van der Waals surface area contributed by atoms with E-state index in [2.05, 4.69) is 4.90 Å². The van der Waals surface area contributed by atoms with Gasteiger partial charge in [-0.2, -0.15) is 0 Å². The van der Waals surface area contributed by atoms with Crippen molar-refractivity contribution in [2.24, 2.45) is 5.73 Å². The number of aliphatic hydroxyl groups excluding tert-OH is 1. The van der Waals surface area contributed by atoms with Crippen molar-refractivity contribution in [3.05, 3.63) is 106 Å². The average molecular weight is 529 g/mol. The number of benzene rings is 3. The Kier molecular flexibility index (Phi) is 7.63. The zero-order valence-corrected chi connectivity index (χ0v) is 21.8. The quantitative estimate of drug-likeness (QED) is 0.344. The highest BCUT2D eigenvalue weighted by Gasteiger charge is 2.28. The highest BCUT2D eigenvalue weighted by Crippen LogP contribution is 2.25. The van der Waals surface area contributed by atoms with Crippen molar-refractivity contribution in [2.75, 3.05) is 26.7 Å². The minimum atomic E-state index is -0.541. The standard InChI is InChI=1S/C30H32N4O5/c1-32(26(22-7-3-2-4-8-22)19-33-13-12-24(35)18-33)28(36)16-20-10-11-27-25(15-20)34(30(38)39-27)17-21-6-5-9-23(14-21)29(31)37/h2-11,14-15,24,26,35H,12-13,16-19H2,1H3,(H2,31,37)/t24-,26+/m0/s1. The maximum absolute atomic E-state index is 13.5. The molecule has 3 N–H and O–H groups in total. The van der Waals surface area contributed by atoms with Gasteiger partial charge in [-0.1, -0.05) is 48.5 Å². The molecule has 4 aromatic rings. The van der Waals surface area contributed by atoms with Crippen LogP contribution in [0.1, 0.15) is 39.5 Å². The van der Waals surface area contributed by atoms with Crippen LogP contribution in [0.5, 0.6) is 0 Å². The van der Waals surface area contributed by atoms with Gasteiger partial charge in [0.05, 0.1) is 30.6 Å². The van der Waals surface area contributed by atoms with Gasteiger partial charge in [0.15, 0.2) is 5.58 Å². The number of primary amides is 1. The lowest BCUT2D eigenvalue weighted by atomic mass is 10.0. The zero-order valence-electron chi connectivity index (χ0n) is 21.8. The molecule has 5 rings (SSSR count). The van der Waals surface area contributed by atoms with Crippen molar-refractivity contribution in [3.8, 4) is 0 Å². The van der Waals surface area contributed by atoms with Gasteiger partial charge in [-0.05, 0) is 47.4 Å². The van der Waals surface area contributed by atoms with Crippen molar-refractivity contribution in [1.29, 1.82) is 0 Å². The molecule has 39 heavy (non-hydrogen) atoms. The molecule has 0 bridgehead atoms. The van der Waals surface area contributed by atoms with Crippen LogP contribution in [0.3, 0.4) is 0 Å². The number of nitrogens with zero attached hydrogens (tertiary/aromatic N) is 3. The van der Waals surface area contributed by atoms with Crippen molar-refractivity contribution in [2.45, 2.75) is 31.5 Å². The molecule has 2 amide bonds. The number of β-amino-alcohol motifs (C(OH)–C–C–N with tert-alkyl or cyclic N) is 1. The molecule has 0 saturated carbocycles. The molecule has 0 radical (unpaired) electrons. The van der Waals surface area contributed by atoms with Crippen molar-refractivity contribution in [3.63, 3.8) is 0 Å². The highest BCUT2D eigenvalue weighted by molar-refractivity contribution is 5.92. The van der Waals surface area contributed by atoms with Crippen LogP contribution in [0.4, 0.5) is 0 Å². The summed E-state index contributed by atoms with van der Waals surface area (Å²) < 4.78 is 6.91. The van der Waals surface area contributed by atoms with E-state index >= 15 is 0 Å². The van der Waals surface area contributed by atoms with Crippen LogP contribution in [0.2, 0.25) is 0 Å². The molecule has 1 aromatic heterocycles. The zero-order chi connectivity index (χ0) is 27.5. The van der Waals surface area contributed by atoms with E-state index < -0.39 is 11.7 Å². The van der Waals surface area contributed by atoms with Crippen LogP contribution < -0.4 is 11.5 Å². The van der Waals surface area contributed by atoms with Gasteiger partial charge in [0, 0.05) is 32.2 Å². The summed E-state index contributed by atoms with van der Waals surface area (Å²) in [4.78, 5) is 41.7. The second-order valence-electron chi connectivity index (χ2n) is 10.1. The van der Waals surface area contributed by atoms with Gasteiger partial charge in [0.1, 0.15) is 0 Å². The molecule has 1 fully saturated rings. The first kappa shape index (κ1) is 26.4. The number of rotatable bonds is 9. The number of aromatic nitrogens is 1. The molecule has 202 valence electrons. The Morgan fingerprint density at radius 2 is 1.87 bits per heavy atom. The summed E-state index contributed by atoms with van der Waals surface area (Å²) in [6, 6.07) is 21.8. The number of hydrogen-bond donors (Lipinski definition) is 2. The van der Waals surface area contributed by atoms with Crippen molar-refractivity contribution >= 4 is 22.9 Å². The SMILES string of the molecule is CN(C(=O)Cc1ccc2oc(=O)n(Cc3cccc(C(N)=O)c3)c2c1)[C@H](CN1CC[C@H](O)C1)c1ccccc1. The summed E-state index contributed by atoms with van der Waals surface area (Å²) in [6.45, 7) is 2.22. The van der Waals surface area contributed by atoms with E-state index in [4.69, 9.17) is 10.2 Å². The maximum Gasteiger partial charge on any atom is 0.420 e.